The molecular weight excluding hydrogens is 422 g/mol. The Hall–Kier alpha value is -2.03. The number of hydrogen-bond acceptors (Lipinski definition) is 6. The van der Waals surface area contributed by atoms with E-state index in [1.54, 1.807) is 11.3 Å². The minimum absolute atomic E-state index is 0.0234. The van der Waals surface area contributed by atoms with E-state index in [2.05, 4.69) is 14.6 Å². The molecule has 3 aromatic heterocycles. The van der Waals surface area contributed by atoms with Crippen LogP contribution in [0.3, 0.4) is 0 Å². The van der Waals surface area contributed by atoms with E-state index in [9.17, 15) is 4.79 Å². The quantitative estimate of drug-likeness (QED) is 0.632. The lowest BCUT2D eigenvalue weighted by molar-refractivity contribution is -0.0410. The van der Waals surface area contributed by atoms with Gasteiger partial charge in [-0.25, -0.2) is 9.67 Å². The summed E-state index contributed by atoms with van der Waals surface area (Å²) in [6, 6.07) is 0.266. The predicted molar refractivity (Wildman–Crippen MR) is 124 cm³/mol. The predicted octanol–water partition coefficient (Wildman–Crippen LogP) is 4.19. The molecule has 0 aromatic carbocycles. The van der Waals surface area contributed by atoms with Crippen molar-refractivity contribution >= 4 is 21.6 Å². The highest BCUT2D eigenvalue weighted by Gasteiger charge is 2.36. The molecule has 3 aromatic rings. The van der Waals surface area contributed by atoms with Gasteiger partial charge in [-0.3, -0.25) is 9.69 Å². The first-order chi connectivity index (χ1) is 15.8. The van der Waals surface area contributed by atoms with Crippen LogP contribution in [0.1, 0.15) is 74.3 Å². The van der Waals surface area contributed by atoms with Gasteiger partial charge in [-0.15, -0.1) is 11.3 Å². The van der Waals surface area contributed by atoms with Crippen LogP contribution in [0.25, 0.3) is 20.7 Å². The zero-order chi connectivity index (χ0) is 21.2. The Morgan fingerprint density at radius 1 is 1.12 bits per heavy atom. The molecule has 5 aliphatic rings. The molecule has 7 heterocycles. The molecule has 0 amide bonds. The van der Waals surface area contributed by atoms with Gasteiger partial charge >= 0.3 is 0 Å². The van der Waals surface area contributed by atoms with Crippen LogP contribution in [0.4, 0.5) is 0 Å². The lowest BCUT2D eigenvalue weighted by Gasteiger charge is -2.44. The number of aryl methyl sites for hydroxylation is 1. The van der Waals surface area contributed by atoms with Gasteiger partial charge in [-0.2, -0.15) is 5.10 Å². The van der Waals surface area contributed by atoms with E-state index >= 15 is 0 Å². The van der Waals surface area contributed by atoms with Gasteiger partial charge in [-0.05, 0) is 82.4 Å². The Balaban J connectivity index is 1.33. The lowest BCUT2D eigenvalue weighted by Crippen LogP contribution is -2.44. The standard InChI is InChI=1S/C24H29N5O2S/c30-24-22-20(26-23(27-24)18-12-14-7-9-28(18)10-8-14)15-4-3-5-17-16(21(15)32-22)13-25-29(17)19-6-1-2-11-31-19/h13-14,18-19H,1-12H2,(H,26,27,30). The summed E-state index contributed by atoms with van der Waals surface area (Å²) in [5.41, 5.74) is 4.64. The van der Waals surface area contributed by atoms with Crippen LogP contribution in [0.2, 0.25) is 0 Å². The van der Waals surface area contributed by atoms with Crippen LogP contribution in [-0.4, -0.2) is 44.3 Å². The van der Waals surface area contributed by atoms with Crippen molar-refractivity contribution in [2.45, 2.75) is 70.1 Å². The molecule has 4 fully saturated rings. The van der Waals surface area contributed by atoms with Crippen LogP contribution in [-0.2, 0) is 17.6 Å². The molecule has 1 aliphatic carbocycles. The third kappa shape index (κ3) is 2.96. The van der Waals surface area contributed by atoms with Crippen molar-refractivity contribution in [1.82, 2.24) is 24.6 Å². The highest BCUT2D eigenvalue weighted by molar-refractivity contribution is 7.22. The summed E-state index contributed by atoms with van der Waals surface area (Å²) in [6.45, 7) is 3.07. The molecule has 2 unspecified atom stereocenters. The largest absolute Gasteiger partial charge is 0.357 e. The molecule has 1 N–H and O–H groups in total. The van der Waals surface area contributed by atoms with Gasteiger partial charge in [0.05, 0.1) is 23.4 Å². The molecule has 32 heavy (non-hydrogen) atoms. The van der Waals surface area contributed by atoms with Crippen molar-refractivity contribution in [3.8, 4) is 10.4 Å². The van der Waals surface area contributed by atoms with Crippen molar-refractivity contribution in [1.29, 1.82) is 0 Å². The van der Waals surface area contributed by atoms with Gasteiger partial charge in [0.15, 0.2) is 0 Å². The van der Waals surface area contributed by atoms with E-state index in [4.69, 9.17) is 14.8 Å². The molecule has 4 saturated heterocycles. The number of fused-ring (bicyclic) bond motifs is 8. The fourth-order valence-electron chi connectivity index (χ4n) is 6.33. The van der Waals surface area contributed by atoms with Gasteiger partial charge in [-0.1, -0.05) is 0 Å². The number of hydrogen-bond donors (Lipinski definition) is 1. The van der Waals surface area contributed by atoms with Gasteiger partial charge < -0.3 is 9.72 Å². The number of thiophene rings is 1. The van der Waals surface area contributed by atoms with Crippen LogP contribution in [0.15, 0.2) is 11.0 Å². The molecule has 2 atom stereocenters. The van der Waals surface area contributed by atoms with E-state index in [1.807, 2.05) is 6.20 Å². The van der Waals surface area contributed by atoms with E-state index in [0.717, 1.165) is 80.2 Å². The average molecular weight is 452 g/mol. The number of nitrogens with one attached hydrogen (secondary N) is 1. The Morgan fingerprint density at radius 2 is 2.03 bits per heavy atom. The molecular formula is C24H29N5O2S. The first-order valence-corrected chi connectivity index (χ1v) is 13.1. The maximum atomic E-state index is 13.2. The molecule has 4 aliphatic heterocycles. The molecule has 7 nitrogen and oxygen atoms in total. The first-order valence-electron chi connectivity index (χ1n) is 12.2. The number of aromatic nitrogens is 4. The second-order valence-corrected chi connectivity index (χ2v) is 10.9. The molecule has 168 valence electrons. The normalized spacial score (nSPS) is 29.6. The smallest absolute Gasteiger partial charge is 0.268 e. The second kappa shape index (κ2) is 7.50. The minimum atomic E-state index is 0.0234. The monoisotopic (exact) mass is 451 g/mol. The van der Waals surface area contributed by atoms with Crippen molar-refractivity contribution in [3.63, 3.8) is 0 Å². The third-order valence-electron chi connectivity index (χ3n) is 8.03. The van der Waals surface area contributed by atoms with E-state index < -0.39 is 0 Å². The van der Waals surface area contributed by atoms with Crippen LogP contribution in [0.5, 0.6) is 0 Å². The van der Waals surface area contributed by atoms with Crippen molar-refractivity contribution in [3.05, 3.63) is 33.6 Å². The number of aromatic amines is 1. The van der Waals surface area contributed by atoms with Gasteiger partial charge in [0, 0.05) is 17.0 Å². The first kappa shape index (κ1) is 19.4. The van der Waals surface area contributed by atoms with Crippen molar-refractivity contribution < 1.29 is 4.74 Å². The Labute approximate surface area is 190 Å². The number of rotatable bonds is 2. The van der Waals surface area contributed by atoms with E-state index in [-0.39, 0.29) is 17.8 Å². The Bertz CT molecular complexity index is 1230. The fourth-order valence-corrected chi connectivity index (χ4v) is 7.55. The zero-order valence-corrected chi connectivity index (χ0v) is 19.1. The topological polar surface area (TPSA) is 76.0 Å². The fraction of sp³-hybridized carbons (Fsp3) is 0.625. The molecule has 0 spiro atoms. The highest BCUT2D eigenvalue weighted by atomic mass is 32.1. The summed E-state index contributed by atoms with van der Waals surface area (Å²) in [5.74, 6) is 1.66. The number of H-pyrrole nitrogens is 1. The summed E-state index contributed by atoms with van der Waals surface area (Å²) >= 11 is 1.60. The Kier molecular flexibility index (Phi) is 4.56. The maximum Gasteiger partial charge on any atom is 0.268 e. The minimum Gasteiger partial charge on any atom is -0.357 e. The van der Waals surface area contributed by atoms with Gasteiger partial charge in [0.2, 0.25) is 0 Å². The summed E-state index contributed by atoms with van der Waals surface area (Å²) in [5, 5.41) is 4.76. The third-order valence-corrected chi connectivity index (χ3v) is 9.29. The summed E-state index contributed by atoms with van der Waals surface area (Å²) in [6.07, 6.45) is 12.1. The molecule has 2 bridgehead atoms. The lowest BCUT2D eigenvalue weighted by atomic mass is 9.83. The molecule has 0 saturated carbocycles. The van der Waals surface area contributed by atoms with Crippen LogP contribution < -0.4 is 5.56 Å². The molecule has 8 rings (SSSR count). The Morgan fingerprint density at radius 3 is 2.81 bits per heavy atom. The van der Waals surface area contributed by atoms with E-state index in [0.29, 0.717) is 0 Å². The van der Waals surface area contributed by atoms with Crippen molar-refractivity contribution in [2.75, 3.05) is 19.7 Å². The molecule has 0 radical (unpaired) electrons. The van der Waals surface area contributed by atoms with Gasteiger partial charge in [0.1, 0.15) is 16.8 Å². The van der Waals surface area contributed by atoms with Crippen LogP contribution >= 0.6 is 11.3 Å². The van der Waals surface area contributed by atoms with Crippen molar-refractivity contribution in [2.24, 2.45) is 5.92 Å². The number of ether oxygens (including phenoxy) is 1. The van der Waals surface area contributed by atoms with E-state index in [1.165, 1.54) is 41.0 Å². The number of nitrogens with zero attached hydrogens (tertiary/aromatic N) is 4. The zero-order valence-electron chi connectivity index (χ0n) is 18.3. The summed E-state index contributed by atoms with van der Waals surface area (Å²) in [4.78, 5) is 25.2. The number of piperidine rings is 3. The molecule has 8 heteroatoms. The second-order valence-electron chi connectivity index (χ2n) is 9.89. The SMILES string of the molecule is O=c1[nH]c(C2CC3CCN2CC3)nc2c3c(sc12)-c1cnn(C2CCCCO2)c1CCC3. The average Bonchev–Trinajstić information content (AvgIpc) is 3.37. The van der Waals surface area contributed by atoms with Crippen LogP contribution in [0, 0.1) is 5.92 Å². The maximum absolute atomic E-state index is 13.2. The highest BCUT2D eigenvalue weighted by Crippen LogP contribution is 2.44. The summed E-state index contributed by atoms with van der Waals surface area (Å²) < 4.78 is 8.92. The summed E-state index contributed by atoms with van der Waals surface area (Å²) in [7, 11) is 0. The van der Waals surface area contributed by atoms with Gasteiger partial charge in [0.25, 0.3) is 5.56 Å².